The van der Waals surface area contributed by atoms with Gasteiger partial charge in [-0.15, -0.1) is 6.42 Å². The minimum Gasteiger partial charge on any atom is -1.00 e. The molecule has 0 aromatic heterocycles. The van der Waals surface area contributed by atoms with Crippen LogP contribution in [0.3, 0.4) is 0 Å². The van der Waals surface area contributed by atoms with Gasteiger partial charge < -0.3 is 34.7 Å². The van der Waals surface area contributed by atoms with Crippen LogP contribution in [0.4, 0.5) is 0 Å². The first-order valence-corrected chi connectivity index (χ1v) is 9.16. The van der Waals surface area contributed by atoms with E-state index < -0.39 is 0 Å². The third-order valence-electron chi connectivity index (χ3n) is 3.50. The number of phenols is 1. The molecule has 1 aliphatic carbocycles. The summed E-state index contributed by atoms with van der Waals surface area (Å²) >= 11 is 1.75. The number of hydrogen-bond donors (Lipinski definition) is 1. The fraction of sp³-hybridized carbons (Fsp3) is 0.476. The van der Waals surface area contributed by atoms with Gasteiger partial charge in [0.2, 0.25) is 0 Å². The third kappa shape index (κ3) is 11.2. The smallest absolute Gasteiger partial charge is 1.00 e. The molecule has 0 spiro atoms. The summed E-state index contributed by atoms with van der Waals surface area (Å²) in [5.74, 6) is 0.953. The van der Waals surface area contributed by atoms with E-state index in [9.17, 15) is 5.11 Å². The van der Waals surface area contributed by atoms with E-state index in [4.69, 9.17) is 4.74 Å². The summed E-state index contributed by atoms with van der Waals surface area (Å²) in [6, 6.07) is 5.32. The predicted molar refractivity (Wildman–Crippen MR) is 100 cm³/mol. The van der Waals surface area contributed by atoms with Crippen LogP contribution in [0.15, 0.2) is 35.9 Å². The molecule has 1 N–H and O–H groups in total. The first-order chi connectivity index (χ1) is 11.0. The van der Waals surface area contributed by atoms with Crippen LogP contribution in [0.2, 0.25) is 0 Å². The average molecular weight is 434 g/mol. The molecule has 2 rings (SSSR count). The molecule has 1 aliphatic rings. The molecule has 0 heterocycles. The molecular formula is C21H31Cl2O2Ti-2. The number of ether oxygens (including phenoxy) is 1. The van der Waals surface area contributed by atoms with Crippen LogP contribution in [0, 0.1) is 11.5 Å². The molecule has 0 fully saturated rings. The summed E-state index contributed by atoms with van der Waals surface area (Å²) in [4.78, 5) is 3.25. The molecule has 147 valence electrons. The van der Waals surface area contributed by atoms with Crippen molar-refractivity contribution in [3.63, 3.8) is 0 Å². The number of halogens is 2. The van der Waals surface area contributed by atoms with E-state index in [1.165, 1.54) is 5.57 Å². The second kappa shape index (κ2) is 13.6. The fourth-order valence-electron chi connectivity index (χ4n) is 2.05. The van der Waals surface area contributed by atoms with Crippen molar-refractivity contribution in [2.45, 2.75) is 53.4 Å². The Morgan fingerprint density at radius 2 is 1.54 bits per heavy atom. The number of phenolic OH excluding ortho intramolecular Hbond substituents is 1. The Balaban J connectivity index is -0.000000361. The number of rotatable bonds is 1. The van der Waals surface area contributed by atoms with Gasteiger partial charge in [0.25, 0.3) is 0 Å². The van der Waals surface area contributed by atoms with E-state index in [1.807, 2.05) is 6.07 Å². The Labute approximate surface area is 183 Å². The summed E-state index contributed by atoms with van der Waals surface area (Å²) in [5.41, 5.74) is 2.76. The average Bonchev–Trinajstić information content (AvgIpc) is 3.03. The number of allylic oxidation sites excluding steroid dienone is 4. The molecule has 0 atom stereocenters. The van der Waals surface area contributed by atoms with E-state index >= 15 is 0 Å². The van der Waals surface area contributed by atoms with Gasteiger partial charge in [-0.25, -0.2) is 11.6 Å². The van der Waals surface area contributed by atoms with Crippen LogP contribution in [0.25, 0.3) is 0 Å². The summed E-state index contributed by atoms with van der Waals surface area (Å²) in [6.07, 6.45) is 8.63. The van der Waals surface area contributed by atoms with Crippen molar-refractivity contribution in [1.82, 2.24) is 0 Å². The van der Waals surface area contributed by atoms with E-state index in [0.29, 0.717) is 11.2 Å². The van der Waals surface area contributed by atoms with E-state index in [0.717, 1.165) is 12.0 Å². The summed E-state index contributed by atoms with van der Waals surface area (Å²) in [7, 11) is 1.60. The van der Waals surface area contributed by atoms with Gasteiger partial charge >= 0.3 is 24.8 Å². The molecule has 0 bridgehead atoms. The van der Waals surface area contributed by atoms with Gasteiger partial charge in [-0.3, -0.25) is 6.08 Å². The van der Waals surface area contributed by atoms with Crippen molar-refractivity contribution in [3.05, 3.63) is 47.6 Å². The van der Waals surface area contributed by atoms with E-state index in [1.54, 1.807) is 39.2 Å². The first-order valence-electron chi connectivity index (χ1n) is 8.06. The Bertz CT molecular complexity index is 583. The molecule has 5 heteroatoms. The Morgan fingerprint density at radius 3 is 1.85 bits per heavy atom. The van der Waals surface area contributed by atoms with Crippen molar-refractivity contribution in [2.75, 3.05) is 7.11 Å². The van der Waals surface area contributed by atoms with Gasteiger partial charge in [0.05, 0.1) is 7.11 Å². The predicted octanol–water partition coefficient (Wildman–Crippen LogP) is -0.607. The normalized spacial score (nSPS) is 12.3. The molecule has 0 amide bonds. The molecule has 0 saturated heterocycles. The fourth-order valence-corrected chi connectivity index (χ4v) is 2.05. The first kappa shape index (κ1) is 30.2. The Kier molecular flexibility index (Phi) is 15.8. The van der Waals surface area contributed by atoms with Crippen molar-refractivity contribution in [2.24, 2.45) is 5.41 Å². The monoisotopic (exact) mass is 433 g/mol. The molecule has 0 saturated carbocycles. The Hall–Kier alpha value is -0.536. The van der Waals surface area contributed by atoms with Crippen LogP contribution in [-0.4, -0.2) is 17.0 Å². The topological polar surface area (TPSA) is 29.5 Å². The standard InChI is InChI=1S/C11H16O2.C9H13.CH2.2ClH.Ti/c1-11(2,3)8-5-9(12)7-10(6-8)13-4;1-9(2,3)8-6-4-5-7-8;;;;/h5-7,12H,1-4H3;4,6H,5H2,1-3H3;1H2;2*1H;/q;-1;;;;+1/p-2. The van der Waals surface area contributed by atoms with E-state index in [2.05, 4.69) is 64.6 Å². The molecule has 0 unspecified atom stereocenters. The zero-order chi connectivity index (χ0) is 19.0. The summed E-state index contributed by atoms with van der Waals surface area (Å²) < 4.78 is 5.07. The maximum atomic E-state index is 9.41. The number of hydrogen-bond acceptors (Lipinski definition) is 2. The SMILES string of the molecule is CC(C)(C)C1=[C-]CC=C1.COc1cc(O)cc(C(C)(C)C)c1.[CH2]=[Ti+].[Cl-].[Cl-]. The zero-order valence-corrected chi connectivity index (χ0v) is 20.0. The number of methoxy groups -OCH3 is 1. The Morgan fingerprint density at radius 1 is 1.00 bits per heavy atom. The molecule has 2 nitrogen and oxygen atoms in total. The van der Waals surface area contributed by atoms with Gasteiger partial charge in [0.15, 0.2) is 0 Å². The second-order valence-corrected chi connectivity index (χ2v) is 7.62. The largest absolute Gasteiger partial charge is 1.00 e. The molecular weight excluding hydrogens is 403 g/mol. The van der Waals surface area contributed by atoms with Gasteiger partial charge in [0, 0.05) is 6.07 Å². The minimum atomic E-state index is 0. The summed E-state index contributed by atoms with van der Waals surface area (Å²) in [5, 5.41) is 9.41. The van der Waals surface area contributed by atoms with Crippen molar-refractivity contribution >= 4 is 4.82 Å². The van der Waals surface area contributed by atoms with Crippen LogP contribution >= 0.6 is 0 Å². The van der Waals surface area contributed by atoms with E-state index in [-0.39, 0.29) is 36.0 Å². The van der Waals surface area contributed by atoms with Crippen molar-refractivity contribution < 1.29 is 54.6 Å². The second-order valence-electron chi connectivity index (χ2n) is 7.62. The molecule has 1 aromatic carbocycles. The zero-order valence-electron chi connectivity index (χ0n) is 16.9. The number of aromatic hydroxyl groups is 1. The van der Waals surface area contributed by atoms with Crippen LogP contribution < -0.4 is 29.6 Å². The maximum Gasteiger partial charge on any atom is -1.00 e. The van der Waals surface area contributed by atoms with Crippen LogP contribution in [0.1, 0.15) is 53.5 Å². The van der Waals surface area contributed by atoms with Crippen molar-refractivity contribution in [1.29, 1.82) is 0 Å². The third-order valence-corrected chi connectivity index (χ3v) is 3.50. The quantitative estimate of drug-likeness (QED) is 0.473. The number of benzene rings is 1. The van der Waals surface area contributed by atoms with Gasteiger partial charge in [-0.2, -0.15) is 6.08 Å². The summed E-state index contributed by atoms with van der Waals surface area (Å²) in [6.45, 7) is 12.9. The molecule has 0 aliphatic heterocycles. The van der Waals surface area contributed by atoms with Crippen LogP contribution in [0.5, 0.6) is 11.5 Å². The maximum absolute atomic E-state index is 9.41. The van der Waals surface area contributed by atoms with Gasteiger partial charge in [-0.05, 0) is 28.5 Å². The van der Waals surface area contributed by atoms with Gasteiger partial charge in [0.1, 0.15) is 11.5 Å². The minimum absolute atomic E-state index is 0. The molecule has 26 heavy (non-hydrogen) atoms. The van der Waals surface area contributed by atoms with Crippen LogP contribution in [-0.2, 0) is 25.4 Å². The molecule has 0 radical (unpaired) electrons. The van der Waals surface area contributed by atoms with Crippen molar-refractivity contribution in [3.8, 4) is 11.5 Å². The molecule has 1 aromatic rings. The van der Waals surface area contributed by atoms with Gasteiger partial charge in [-0.1, -0.05) is 41.5 Å².